The maximum absolute atomic E-state index is 11.9. The molecule has 1 aliphatic heterocycles. The first kappa shape index (κ1) is 11.8. The number of carbonyl (C=O) groups excluding carboxylic acids is 1. The minimum absolute atomic E-state index is 0.0507. The van der Waals surface area contributed by atoms with Crippen molar-refractivity contribution in [2.24, 2.45) is 5.84 Å². The average molecular weight is 236 g/mol. The molecule has 0 spiro atoms. The van der Waals surface area contributed by atoms with Crippen LogP contribution in [0, 0.1) is 0 Å². The number of carbonyl (C=O) groups is 1. The predicted octanol–water partition coefficient (Wildman–Crippen LogP) is 0.274. The van der Waals surface area contributed by atoms with Crippen molar-refractivity contribution in [3.05, 3.63) is 23.9 Å². The molecule has 1 amide bonds. The van der Waals surface area contributed by atoms with Gasteiger partial charge in [0.15, 0.2) is 0 Å². The second-order valence-corrected chi connectivity index (χ2v) is 4.00. The highest BCUT2D eigenvalue weighted by Gasteiger charge is 2.26. The van der Waals surface area contributed by atoms with Gasteiger partial charge in [-0.05, 0) is 25.5 Å². The van der Waals surface area contributed by atoms with Crippen molar-refractivity contribution >= 4 is 11.7 Å². The lowest BCUT2D eigenvalue weighted by molar-refractivity contribution is 0.0862. The van der Waals surface area contributed by atoms with Crippen molar-refractivity contribution in [3.8, 4) is 0 Å². The van der Waals surface area contributed by atoms with Crippen LogP contribution in [-0.2, 0) is 4.74 Å². The Labute approximate surface area is 99.5 Å². The molecule has 2 unspecified atom stereocenters. The number of aromatic nitrogens is 1. The van der Waals surface area contributed by atoms with E-state index in [9.17, 15) is 4.79 Å². The van der Waals surface area contributed by atoms with Gasteiger partial charge in [-0.2, -0.15) is 0 Å². The van der Waals surface area contributed by atoms with Gasteiger partial charge in [-0.3, -0.25) is 4.79 Å². The van der Waals surface area contributed by atoms with E-state index >= 15 is 0 Å². The minimum Gasteiger partial charge on any atom is -0.376 e. The van der Waals surface area contributed by atoms with Crippen molar-refractivity contribution in [1.29, 1.82) is 0 Å². The summed E-state index contributed by atoms with van der Waals surface area (Å²) in [5, 5.41) is 2.90. The van der Waals surface area contributed by atoms with Crippen LogP contribution < -0.4 is 16.6 Å². The molecule has 0 radical (unpaired) electrons. The maximum Gasteiger partial charge on any atom is 0.270 e. The van der Waals surface area contributed by atoms with Crippen LogP contribution in [0.2, 0.25) is 0 Å². The van der Waals surface area contributed by atoms with Gasteiger partial charge in [0.1, 0.15) is 11.5 Å². The van der Waals surface area contributed by atoms with Crippen molar-refractivity contribution in [1.82, 2.24) is 10.3 Å². The molecule has 1 aromatic heterocycles. The summed E-state index contributed by atoms with van der Waals surface area (Å²) in [5.74, 6) is 5.50. The van der Waals surface area contributed by atoms with E-state index in [0.29, 0.717) is 18.1 Å². The van der Waals surface area contributed by atoms with Gasteiger partial charge in [0.2, 0.25) is 0 Å². The predicted molar refractivity (Wildman–Crippen MR) is 63.3 cm³/mol. The summed E-state index contributed by atoms with van der Waals surface area (Å²) in [6.45, 7) is 2.63. The molecule has 2 rings (SSSR count). The zero-order chi connectivity index (χ0) is 12.3. The quantitative estimate of drug-likeness (QED) is 0.518. The Morgan fingerprint density at radius 2 is 2.41 bits per heavy atom. The van der Waals surface area contributed by atoms with E-state index in [1.807, 2.05) is 6.92 Å². The first-order chi connectivity index (χ1) is 8.20. The Morgan fingerprint density at radius 3 is 3.06 bits per heavy atom. The summed E-state index contributed by atoms with van der Waals surface area (Å²) in [5.41, 5.74) is 2.76. The summed E-state index contributed by atoms with van der Waals surface area (Å²) < 4.78 is 5.38. The molecule has 6 nitrogen and oxygen atoms in total. The number of nitrogens with zero attached hydrogens (tertiary/aromatic N) is 1. The lowest BCUT2D eigenvalue weighted by Gasteiger charge is -2.15. The number of pyridine rings is 1. The van der Waals surface area contributed by atoms with Crippen molar-refractivity contribution in [2.75, 3.05) is 12.0 Å². The van der Waals surface area contributed by atoms with E-state index in [2.05, 4.69) is 15.7 Å². The summed E-state index contributed by atoms with van der Waals surface area (Å²) in [4.78, 5) is 16.0. The molecule has 0 aromatic carbocycles. The molecule has 4 N–H and O–H groups in total. The number of hydrogen-bond acceptors (Lipinski definition) is 5. The molecule has 2 atom stereocenters. The average Bonchev–Trinajstić information content (AvgIpc) is 2.75. The number of ether oxygens (including phenoxy) is 1. The zero-order valence-corrected chi connectivity index (χ0v) is 9.64. The molecule has 0 aliphatic carbocycles. The Bertz CT molecular complexity index is 410. The van der Waals surface area contributed by atoms with Crippen LogP contribution in [0.4, 0.5) is 5.82 Å². The Morgan fingerprint density at radius 1 is 1.59 bits per heavy atom. The molecule has 2 heterocycles. The van der Waals surface area contributed by atoms with Gasteiger partial charge in [0.05, 0.1) is 12.1 Å². The molecule has 1 aromatic rings. The van der Waals surface area contributed by atoms with Gasteiger partial charge in [-0.1, -0.05) is 6.07 Å². The van der Waals surface area contributed by atoms with Crippen LogP contribution in [0.25, 0.3) is 0 Å². The van der Waals surface area contributed by atoms with Crippen LogP contribution in [-0.4, -0.2) is 29.6 Å². The Balaban J connectivity index is 2.03. The fourth-order valence-electron chi connectivity index (χ4n) is 1.81. The number of anilines is 1. The van der Waals surface area contributed by atoms with Crippen LogP contribution in [0.15, 0.2) is 18.2 Å². The monoisotopic (exact) mass is 236 g/mol. The summed E-state index contributed by atoms with van der Waals surface area (Å²) in [6.07, 6.45) is 0.886. The van der Waals surface area contributed by atoms with Crippen molar-refractivity contribution in [2.45, 2.75) is 25.5 Å². The maximum atomic E-state index is 11.9. The standard InChI is InChI=1S/C11H16N4O2/c1-7-8(5-6-17-7)14-11(16)9-3-2-4-10(13-9)15-12/h2-4,7-8H,5-6,12H2,1H3,(H,13,15)(H,14,16). The van der Waals surface area contributed by atoms with E-state index in [0.717, 1.165) is 6.42 Å². The molecule has 17 heavy (non-hydrogen) atoms. The van der Waals surface area contributed by atoms with Gasteiger partial charge < -0.3 is 15.5 Å². The molecule has 0 bridgehead atoms. The SMILES string of the molecule is CC1OCCC1NC(=O)c1cccc(NN)n1. The van der Waals surface area contributed by atoms with E-state index in [1.165, 1.54) is 0 Å². The van der Waals surface area contributed by atoms with Gasteiger partial charge in [0, 0.05) is 6.61 Å². The second-order valence-electron chi connectivity index (χ2n) is 4.00. The molecular formula is C11H16N4O2. The number of nitrogens with one attached hydrogen (secondary N) is 2. The molecule has 0 saturated carbocycles. The number of hydrogen-bond donors (Lipinski definition) is 3. The normalized spacial score (nSPS) is 23.4. The lowest BCUT2D eigenvalue weighted by Crippen LogP contribution is -2.39. The smallest absolute Gasteiger partial charge is 0.270 e. The number of nitrogens with two attached hydrogens (primary N) is 1. The largest absolute Gasteiger partial charge is 0.376 e. The van der Waals surface area contributed by atoms with Gasteiger partial charge in [0.25, 0.3) is 5.91 Å². The Hall–Kier alpha value is -1.66. The topological polar surface area (TPSA) is 89.3 Å². The van der Waals surface area contributed by atoms with Crippen LogP contribution in [0.3, 0.4) is 0 Å². The van der Waals surface area contributed by atoms with Gasteiger partial charge in [-0.15, -0.1) is 0 Å². The third-order valence-corrected chi connectivity index (χ3v) is 2.82. The molecule has 1 saturated heterocycles. The van der Waals surface area contributed by atoms with Gasteiger partial charge >= 0.3 is 0 Å². The molecular weight excluding hydrogens is 220 g/mol. The highest BCUT2D eigenvalue weighted by Crippen LogP contribution is 2.13. The highest BCUT2D eigenvalue weighted by molar-refractivity contribution is 5.92. The van der Waals surface area contributed by atoms with Crippen molar-refractivity contribution < 1.29 is 9.53 Å². The minimum atomic E-state index is -0.204. The highest BCUT2D eigenvalue weighted by atomic mass is 16.5. The van der Waals surface area contributed by atoms with Gasteiger partial charge in [-0.25, -0.2) is 10.8 Å². The molecule has 6 heteroatoms. The van der Waals surface area contributed by atoms with E-state index < -0.39 is 0 Å². The number of nitrogen functional groups attached to an aromatic ring is 1. The van der Waals surface area contributed by atoms with E-state index in [4.69, 9.17) is 10.6 Å². The first-order valence-electron chi connectivity index (χ1n) is 5.57. The third kappa shape index (κ3) is 2.72. The van der Waals surface area contributed by atoms with Crippen LogP contribution >= 0.6 is 0 Å². The fraction of sp³-hybridized carbons (Fsp3) is 0.455. The number of hydrazine groups is 1. The lowest BCUT2D eigenvalue weighted by atomic mass is 10.1. The fourth-order valence-corrected chi connectivity index (χ4v) is 1.81. The number of rotatable bonds is 3. The van der Waals surface area contributed by atoms with Crippen LogP contribution in [0.1, 0.15) is 23.8 Å². The number of amides is 1. The first-order valence-corrected chi connectivity index (χ1v) is 5.57. The zero-order valence-electron chi connectivity index (χ0n) is 9.64. The summed E-state index contributed by atoms with van der Waals surface area (Å²) >= 11 is 0. The molecule has 1 aliphatic rings. The summed E-state index contributed by atoms with van der Waals surface area (Å²) in [6, 6.07) is 5.12. The van der Waals surface area contributed by atoms with E-state index in [-0.39, 0.29) is 18.1 Å². The van der Waals surface area contributed by atoms with Crippen molar-refractivity contribution in [3.63, 3.8) is 0 Å². The second kappa shape index (κ2) is 5.11. The third-order valence-electron chi connectivity index (χ3n) is 2.82. The molecule has 92 valence electrons. The Kier molecular flexibility index (Phi) is 3.55. The summed E-state index contributed by atoms with van der Waals surface area (Å²) in [7, 11) is 0. The van der Waals surface area contributed by atoms with E-state index in [1.54, 1.807) is 18.2 Å². The molecule has 1 fully saturated rings. The van der Waals surface area contributed by atoms with Crippen LogP contribution in [0.5, 0.6) is 0 Å².